The quantitative estimate of drug-likeness (QED) is 0.101. The lowest BCUT2D eigenvalue weighted by Gasteiger charge is -2.17. The zero-order chi connectivity index (χ0) is 48.9. The van der Waals surface area contributed by atoms with Crippen LogP contribution in [0.3, 0.4) is 0 Å². The van der Waals surface area contributed by atoms with Gasteiger partial charge >= 0.3 is 0 Å². The molecule has 348 valence electrons. The number of aryl methyl sites for hydroxylation is 5. The van der Waals surface area contributed by atoms with Crippen LogP contribution in [0.4, 0.5) is 22.7 Å². The van der Waals surface area contributed by atoms with Crippen molar-refractivity contribution in [2.75, 3.05) is 17.2 Å². The van der Waals surface area contributed by atoms with Gasteiger partial charge in [-0.15, -0.1) is 0 Å². The Balaban J connectivity index is 0.000000172. The second kappa shape index (κ2) is 17.8. The van der Waals surface area contributed by atoms with Gasteiger partial charge in [-0.05, 0) is 118 Å². The number of ether oxygens (including phenoxy) is 1. The third-order valence-corrected chi connectivity index (χ3v) is 15.6. The van der Waals surface area contributed by atoms with Gasteiger partial charge in [0.2, 0.25) is 19.7 Å². The fraction of sp³-hybridized carbons (Fsp3) is 0.135. The molecule has 3 aromatic heterocycles. The van der Waals surface area contributed by atoms with Gasteiger partial charge in [0, 0.05) is 59.0 Å². The molecule has 0 atom stereocenters. The molecular weight excluding hydrogens is 913 g/mol. The van der Waals surface area contributed by atoms with Crippen molar-refractivity contribution >= 4 is 86.9 Å². The van der Waals surface area contributed by atoms with Crippen molar-refractivity contribution in [2.24, 2.45) is 18.5 Å². The number of anilines is 4. The zero-order valence-corrected chi connectivity index (χ0v) is 39.8. The van der Waals surface area contributed by atoms with Crippen LogP contribution in [0.5, 0.6) is 5.75 Å². The third kappa shape index (κ3) is 8.69. The number of hydrogen-bond acceptors (Lipinski definition) is 12. The molecule has 9 aromatic rings. The molecular formula is C52H46N8O7S2. The Morgan fingerprint density at radius 3 is 1.67 bits per heavy atom. The highest BCUT2D eigenvalue weighted by atomic mass is 32.2. The van der Waals surface area contributed by atoms with E-state index in [9.17, 15) is 26.4 Å². The average Bonchev–Trinajstić information content (AvgIpc) is 3.96. The Bertz CT molecular complexity index is 3800. The Hall–Kier alpha value is -8.15. The van der Waals surface area contributed by atoms with Crippen molar-refractivity contribution in [1.82, 2.24) is 19.7 Å². The van der Waals surface area contributed by atoms with Crippen LogP contribution in [0.1, 0.15) is 48.5 Å². The highest BCUT2D eigenvalue weighted by molar-refractivity contribution is 7.91. The maximum atomic E-state index is 13.4. The van der Waals surface area contributed by atoms with Crippen LogP contribution in [0.2, 0.25) is 0 Å². The average molecular weight is 959 g/mol. The van der Waals surface area contributed by atoms with Gasteiger partial charge in [-0.1, -0.05) is 41.5 Å². The Morgan fingerprint density at radius 1 is 0.623 bits per heavy atom. The zero-order valence-electron chi connectivity index (χ0n) is 38.2. The summed E-state index contributed by atoms with van der Waals surface area (Å²) in [6.07, 6.45) is 5.32. The molecule has 0 radical (unpaired) electrons. The molecule has 1 aliphatic heterocycles. The molecule has 0 saturated heterocycles. The van der Waals surface area contributed by atoms with Crippen molar-refractivity contribution in [2.45, 2.75) is 53.7 Å². The Kier molecular flexibility index (Phi) is 11.9. The van der Waals surface area contributed by atoms with E-state index in [1.54, 1.807) is 97.5 Å². The number of rotatable bonds is 10. The highest BCUT2D eigenvalue weighted by Crippen LogP contribution is 2.39. The van der Waals surface area contributed by atoms with Crippen molar-refractivity contribution < 1.29 is 31.2 Å². The molecule has 69 heavy (non-hydrogen) atoms. The first-order valence-electron chi connectivity index (χ1n) is 21.7. The van der Waals surface area contributed by atoms with Gasteiger partial charge in [0.25, 0.3) is 11.8 Å². The monoisotopic (exact) mass is 958 g/mol. The van der Waals surface area contributed by atoms with Crippen LogP contribution >= 0.6 is 0 Å². The van der Waals surface area contributed by atoms with E-state index in [2.05, 4.69) is 25.7 Å². The molecule has 2 amide bonds. The summed E-state index contributed by atoms with van der Waals surface area (Å²) in [5.41, 5.74) is 20.3. The minimum atomic E-state index is -3.80. The molecule has 0 spiro atoms. The van der Waals surface area contributed by atoms with Crippen LogP contribution in [0, 0.1) is 27.7 Å². The number of benzene rings is 6. The predicted molar refractivity (Wildman–Crippen MR) is 266 cm³/mol. The van der Waals surface area contributed by atoms with Crippen molar-refractivity contribution in [3.63, 3.8) is 0 Å². The summed E-state index contributed by atoms with van der Waals surface area (Å²) in [5, 5.41) is 12.8. The fourth-order valence-corrected chi connectivity index (χ4v) is 11.1. The molecule has 6 aromatic carbocycles. The molecule has 0 unspecified atom stereocenters. The lowest BCUT2D eigenvalue weighted by atomic mass is 10.0. The van der Waals surface area contributed by atoms with Gasteiger partial charge < -0.3 is 26.8 Å². The van der Waals surface area contributed by atoms with Gasteiger partial charge in [0.15, 0.2) is 0 Å². The number of carbonyl (C=O) groups is 2. The van der Waals surface area contributed by atoms with Crippen LogP contribution in [0.15, 0.2) is 147 Å². The molecule has 10 rings (SSSR count). The number of aromatic nitrogens is 4. The molecule has 0 aliphatic carbocycles. The Labute approximate surface area is 398 Å². The number of nitrogens with zero attached hydrogens (tertiary/aromatic N) is 4. The summed E-state index contributed by atoms with van der Waals surface area (Å²) in [4.78, 5) is 34.1. The van der Waals surface area contributed by atoms with E-state index in [-0.39, 0.29) is 30.7 Å². The molecule has 6 N–H and O–H groups in total. The van der Waals surface area contributed by atoms with E-state index >= 15 is 0 Å². The summed E-state index contributed by atoms with van der Waals surface area (Å²) in [6, 6.07) is 31.0. The van der Waals surface area contributed by atoms with E-state index < -0.39 is 31.5 Å². The van der Waals surface area contributed by atoms with E-state index in [1.807, 2.05) is 57.3 Å². The molecule has 17 heteroatoms. The number of fused-ring (bicyclic) bond motifs is 4. The first-order chi connectivity index (χ1) is 32.9. The maximum absolute atomic E-state index is 13.4. The largest absolute Gasteiger partial charge is 0.493 e. The van der Waals surface area contributed by atoms with Crippen molar-refractivity contribution in [3.05, 3.63) is 167 Å². The summed E-state index contributed by atoms with van der Waals surface area (Å²) >= 11 is 0. The van der Waals surface area contributed by atoms with Gasteiger partial charge in [-0.2, -0.15) is 5.10 Å². The molecule has 0 saturated carbocycles. The summed E-state index contributed by atoms with van der Waals surface area (Å²) in [6.45, 7) is 7.96. The number of carbonyl (C=O) groups excluding carboxylic acids is 2. The van der Waals surface area contributed by atoms with Gasteiger partial charge in [0.1, 0.15) is 5.75 Å². The minimum Gasteiger partial charge on any atom is -0.493 e. The van der Waals surface area contributed by atoms with Crippen LogP contribution in [0.25, 0.3) is 32.7 Å². The minimum absolute atomic E-state index is 0.111. The summed E-state index contributed by atoms with van der Waals surface area (Å²) < 4.78 is 61.2. The lowest BCUT2D eigenvalue weighted by Crippen LogP contribution is -2.15. The third-order valence-electron chi connectivity index (χ3n) is 12.1. The second-order valence-electron chi connectivity index (χ2n) is 16.9. The van der Waals surface area contributed by atoms with Gasteiger partial charge in [-0.3, -0.25) is 24.2 Å². The van der Waals surface area contributed by atoms with Gasteiger partial charge in [-0.25, -0.2) is 16.8 Å². The lowest BCUT2D eigenvalue weighted by molar-refractivity contribution is 0.0992. The molecule has 15 nitrogen and oxygen atoms in total. The second-order valence-corrected chi connectivity index (χ2v) is 20.8. The number of hydrogen-bond donors (Lipinski definition) is 4. The summed E-state index contributed by atoms with van der Waals surface area (Å²) in [5.74, 6) is -0.555. The molecule has 0 bridgehead atoms. The first-order valence-corrected chi connectivity index (χ1v) is 24.7. The first kappa shape index (κ1) is 46.0. The molecule has 1 aliphatic rings. The fourth-order valence-electron chi connectivity index (χ4n) is 8.39. The normalized spacial score (nSPS) is 12.3. The number of nitrogens with two attached hydrogens (primary N) is 2. The number of amides is 2. The topological polar surface area (TPSA) is 231 Å². The highest BCUT2D eigenvalue weighted by Gasteiger charge is 2.25. The SMILES string of the molecule is Cc1ccc(S(=O)(=O)c2cc(C)c3ncc(C(N)=O)c(Nc4ccc5cnn(C)c5c4)c3c2)cc1.Cc1ccc(S(=O)(=O)c2cc(C)c3ncc(C(N)=O)c(Nc4cccc5c4CCO5)c3c2)cc1. The van der Waals surface area contributed by atoms with Crippen molar-refractivity contribution in [1.29, 1.82) is 0 Å². The number of nitrogens with one attached hydrogen (secondary N) is 2. The van der Waals surface area contributed by atoms with Crippen molar-refractivity contribution in [3.8, 4) is 5.75 Å². The maximum Gasteiger partial charge on any atom is 0.252 e. The van der Waals surface area contributed by atoms with E-state index in [0.717, 1.165) is 45.5 Å². The molecule has 4 heterocycles. The predicted octanol–water partition coefficient (Wildman–Crippen LogP) is 8.88. The van der Waals surface area contributed by atoms with Crippen LogP contribution < -0.4 is 26.8 Å². The number of sulfone groups is 2. The van der Waals surface area contributed by atoms with Crippen LogP contribution in [-0.4, -0.2) is 55.0 Å². The molecule has 0 fully saturated rings. The van der Waals surface area contributed by atoms with Crippen LogP contribution in [-0.2, 0) is 33.1 Å². The summed E-state index contributed by atoms with van der Waals surface area (Å²) in [7, 11) is -5.75. The van der Waals surface area contributed by atoms with E-state index in [0.29, 0.717) is 56.6 Å². The van der Waals surface area contributed by atoms with E-state index in [4.69, 9.17) is 16.2 Å². The number of pyridine rings is 2. The number of primary amides is 2. The van der Waals surface area contributed by atoms with Gasteiger partial charge in [0.05, 0.1) is 71.4 Å². The smallest absolute Gasteiger partial charge is 0.252 e. The van der Waals surface area contributed by atoms with E-state index in [1.165, 1.54) is 12.4 Å². The Morgan fingerprint density at radius 2 is 1.14 bits per heavy atom. The standard InChI is InChI=1S/C26H23N5O3S.C26H23N3O4S/c1-15-4-8-19(9-5-15)35(33,34)20-10-16(2)24-21(12-20)25(22(14-28-24)26(27)32)30-18-7-6-17-13-29-31(3)23(17)11-18;1-15-6-8-17(9-7-15)34(31,32)18-12-16(2)24-20(13-18)25(21(14-28-24)26(27)30)29-22-4-3-5-23-19(22)10-11-33-23/h4-14H,1-3H3,(H2,27,32)(H,28,30);3-9,12-14H,10-11H2,1-2H3,(H2,27,30)(H,28,29).